The smallest absolute Gasteiger partial charge is 0.0927 e. The van der Waals surface area contributed by atoms with Crippen LogP contribution in [0.2, 0.25) is 10.0 Å². The molecule has 1 N–H and O–H groups in total. The number of rotatable bonds is 4. The third-order valence-electron chi connectivity index (χ3n) is 2.43. The second kappa shape index (κ2) is 5.89. The summed E-state index contributed by atoms with van der Waals surface area (Å²) < 4.78 is 0. The Hall–Kier alpha value is -1.25. The van der Waals surface area contributed by atoms with Crippen LogP contribution in [0.5, 0.6) is 0 Å². The number of aromatic amines is 1. The van der Waals surface area contributed by atoms with Gasteiger partial charge in [-0.15, -0.1) is 0 Å². The van der Waals surface area contributed by atoms with Crippen LogP contribution in [-0.4, -0.2) is 9.97 Å². The van der Waals surface area contributed by atoms with E-state index in [1.807, 2.05) is 30.5 Å². The van der Waals surface area contributed by atoms with Crippen molar-refractivity contribution < 1.29 is 0 Å². The molecule has 0 aliphatic rings. The quantitative estimate of drug-likeness (QED) is 0.875. The maximum absolute atomic E-state index is 6.08. The number of nitrogens with one attached hydrogen (secondary N) is 1. The van der Waals surface area contributed by atoms with Gasteiger partial charge in [-0.05, 0) is 36.6 Å². The number of aromatic nitrogens is 2. The summed E-state index contributed by atoms with van der Waals surface area (Å²) in [6.45, 7) is 0. The van der Waals surface area contributed by atoms with Crippen molar-refractivity contribution in [2.24, 2.45) is 0 Å². The summed E-state index contributed by atoms with van der Waals surface area (Å²) in [5.74, 6) is 0. The van der Waals surface area contributed by atoms with Crippen molar-refractivity contribution >= 4 is 29.3 Å². The number of halogens is 2. The summed E-state index contributed by atoms with van der Waals surface area (Å²) in [6.07, 6.45) is 9.26. The van der Waals surface area contributed by atoms with Gasteiger partial charge in [-0.2, -0.15) is 0 Å². The standard InChI is InChI=1S/C13H12Cl2N2/c14-12-6-3-7-13(15)11(12)5-2-1-4-10-8-16-9-17-10/h1,3-4,6-9H,2,5H2,(H,16,17). The molecule has 0 fully saturated rings. The summed E-state index contributed by atoms with van der Waals surface area (Å²) in [4.78, 5) is 7.00. The average Bonchev–Trinajstić information content (AvgIpc) is 2.80. The number of H-pyrrole nitrogens is 1. The van der Waals surface area contributed by atoms with Crippen LogP contribution in [0.15, 0.2) is 36.8 Å². The third-order valence-corrected chi connectivity index (χ3v) is 3.14. The molecule has 1 heterocycles. The van der Waals surface area contributed by atoms with Crippen molar-refractivity contribution in [3.8, 4) is 0 Å². The average molecular weight is 267 g/mol. The fourth-order valence-corrected chi connectivity index (χ4v) is 2.15. The highest BCUT2D eigenvalue weighted by Crippen LogP contribution is 2.25. The van der Waals surface area contributed by atoms with E-state index in [0.717, 1.165) is 34.1 Å². The Morgan fingerprint density at radius 1 is 1.24 bits per heavy atom. The number of nitrogens with zero attached hydrogens (tertiary/aromatic N) is 1. The van der Waals surface area contributed by atoms with Crippen LogP contribution in [0.4, 0.5) is 0 Å². The first-order valence-electron chi connectivity index (χ1n) is 5.35. The molecule has 0 spiro atoms. The molecule has 0 aliphatic heterocycles. The molecule has 0 amide bonds. The lowest BCUT2D eigenvalue weighted by molar-refractivity contribution is 1.01. The highest BCUT2D eigenvalue weighted by Gasteiger charge is 2.03. The Balaban J connectivity index is 1.94. The van der Waals surface area contributed by atoms with Gasteiger partial charge in [0.25, 0.3) is 0 Å². The maximum atomic E-state index is 6.08. The predicted octanol–water partition coefficient (Wildman–Crippen LogP) is 4.36. The van der Waals surface area contributed by atoms with Crippen LogP contribution in [0.25, 0.3) is 6.08 Å². The van der Waals surface area contributed by atoms with Crippen LogP contribution in [-0.2, 0) is 6.42 Å². The van der Waals surface area contributed by atoms with Crippen LogP contribution >= 0.6 is 23.2 Å². The first kappa shape index (κ1) is 12.2. The monoisotopic (exact) mass is 266 g/mol. The van der Waals surface area contributed by atoms with E-state index < -0.39 is 0 Å². The molecule has 88 valence electrons. The maximum Gasteiger partial charge on any atom is 0.0927 e. The topological polar surface area (TPSA) is 28.7 Å². The second-order valence-corrected chi connectivity index (χ2v) is 4.45. The van der Waals surface area contributed by atoms with Gasteiger partial charge in [-0.1, -0.05) is 35.3 Å². The van der Waals surface area contributed by atoms with E-state index in [4.69, 9.17) is 23.2 Å². The van der Waals surface area contributed by atoms with Gasteiger partial charge in [0.05, 0.1) is 12.0 Å². The van der Waals surface area contributed by atoms with E-state index in [-0.39, 0.29) is 0 Å². The van der Waals surface area contributed by atoms with Gasteiger partial charge in [0.2, 0.25) is 0 Å². The molecule has 2 aromatic rings. The highest BCUT2D eigenvalue weighted by molar-refractivity contribution is 6.35. The molecule has 0 atom stereocenters. The van der Waals surface area contributed by atoms with E-state index in [1.54, 1.807) is 6.33 Å². The second-order valence-electron chi connectivity index (χ2n) is 3.64. The van der Waals surface area contributed by atoms with Gasteiger partial charge >= 0.3 is 0 Å². The lowest BCUT2D eigenvalue weighted by Crippen LogP contribution is -1.86. The zero-order valence-corrected chi connectivity index (χ0v) is 10.7. The van der Waals surface area contributed by atoms with Gasteiger partial charge in [-0.3, -0.25) is 0 Å². The SMILES string of the molecule is Clc1cccc(Cl)c1CCC=Cc1c[nH]cn1. The molecule has 2 rings (SSSR count). The third kappa shape index (κ3) is 3.35. The molecule has 17 heavy (non-hydrogen) atoms. The van der Waals surface area contributed by atoms with Gasteiger partial charge in [0.1, 0.15) is 0 Å². The molecular weight excluding hydrogens is 255 g/mol. The lowest BCUT2D eigenvalue weighted by Gasteiger charge is -2.04. The van der Waals surface area contributed by atoms with E-state index >= 15 is 0 Å². The minimum Gasteiger partial charge on any atom is -0.351 e. The molecule has 1 aromatic carbocycles. The number of hydrogen-bond donors (Lipinski definition) is 1. The Kier molecular flexibility index (Phi) is 4.24. The largest absolute Gasteiger partial charge is 0.351 e. The molecule has 1 aromatic heterocycles. The normalized spacial score (nSPS) is 11.2. The van der Waals surface area contributed by atoms with Gasteiger partial charge in [0.15, 0.2) is 0 Å². The molecule has 0 radical (unpaired) electrons. The van der Waals surface area contributed by atoms with Crippen molar-refractivity contribution in [3.63, 3.8) is 0 Å². The molecule has 0 aliphatic carbocycles. The molecule has 0 saturated heterocycles. The fourth-order valence-electron chi connectivity index (χ4n) is 1.57. The van der Waals surface area contributed by atoms with Gasteiger partial charge < -0.3 is 4.98 Å². The zero-order valence-electron chi connectivity index (χ0n) is 9.16. The van der Waals surface area contributed by atoms with Gasteiger partial charge in [-0.25, -0.2) is 4.98 Å². The predicted molar refractivity (Wildman–Crippen MR) is 72.4 cm³/mol. The summed E-state index contributed by atoms with van der Waals surface area (Å²) in [6, 6.07) is 5.58. The Labute approximate surface area is 110 Å². The summed E-state index contributed by atoms with van der Waals surface area (Å²) >= 11 is 12.2. The first-order chi connectivity index (χ1) is 8.27. The van der Waals surface area contributed by atoms with Crippen molar-refractivity contribution in [1.29, 1.82) is 0 Å². The highest BCUT2D eigenvalue weighted by atomic mass is 35.5. The van der Waals surface area contributed by atoms with Crippen LogP contribution < -0.4 is 0 Å². The van der Waals surface area contributed by atoms with E-state index in [1.165, 1.54) is 0 Å². The first-order valence-corrected chi connectivity index (χ1v) is 6.11. The van der Waals surface area contributed by atoms with Crippen molar-refractivity contribution in [2.45, 2.75) is 12.8 Å². The number of allylic oxidation sites excluding steroid dienone is 1. The van der Waals surface area contributed by atoms with E-state index in [9.17, 15) is 0 Å². The molecule has 4 heteroatoms. The van der Waals surface area contributed by atoms with Crippen molar-refractivity contribution in [1.82, 2.24) is 9.97 Å². The van der Waals surface area contributed by atoms with Crippen LogP contribution in [0.1, 0.15) is 17.7 Å². The minimum atomic E-state index is 0.727. The lowest BCUT2D eigenvalue weighted by atomic mass is 10.1. The van der Waals surface area contributed by atoms with Crippen molar-refractivity contribution in [3.05, 3.63) is 58.1 Å². The summed E-state index contributed by atoms with van der Waals surface area (Å²) in [5, 5.41) is 1.45. The van der Waals surface area contributed by atoms with Crippen molar-refractivity contribution in [2.75, 3.05) is 0 Å². The van der Waals surface area contributed by atoms with Crippen LogP contribution in [0, 0.1) is 0 Å². The zero-order chi connectivity index (χ0) is 12.1. The summed E-state index contributed by atoms with van der Waals surface area (Å²) in [7, 11) is 0. The van der Waals surface area contributed by atoms with E-state index in [2.05, 4.69) is 16.0 Å². The Morgan fingerprint density at radius 2 is 2.00 bits per heavy atom. The summed E-state index contributed by atoms with van der Waals surface area (Å²) in [5.41, 5.74) is 1.93. The number of hydrogen-bond acceptors (Lipinski definition) is 1. The molecule has 0 saturated carbocycles. The van der Waals surface area contributed by atoms with Gasteiger partial charge in [0, 0.05) is 16.2 Å². The Morgan fingerprint density at radius 3 is 2.65 bits per heavy atom. The molecule has 0 unspecified atom stereocenters. The molecular formula is C13H12Cl2N2. The minimum absolute atomic E-state index is 0.727. The molecule has 0 bridgehead atoms. The number of benzene rings is 1. The van der Waals surface area contributed by atoms with E-state index in [0.29, 0.717) is 0 Å². The van der Waals surface area contributed by atoms with Crippen LogP contribution in [0.3, 0.4) is 0 Å². The molecule has 2 nitrogen and oxygen atoms in total. The number of imidazole rings is 1. The Bertz CT molecular complexity index is 484. The fraction of sp³-hybridized carbons (Fsp3) is 0.154.